The van der Waals surface area contributed by atoms with Crippen LogP contribution in [0.4, 0.5) is 0 Å². The number of allylic oxidation sites excluding steroid dienone is 2. The van der Waals surface area contributed by atoms with Crippen LogP contribution in [0, 0.1) is 0 Å². The molecule has 0 saturated heterocycles. The van der Waals surface area contributed by atoms with Crippen LogP contribution in [-0.2, 0) is 14.3 Å². The van der Waals surface area contributed by atoms with Crippen molar-refractivity contribution in [3.63, 3.8) is 0 Å². The lowest BCUT2D eigenvalue weighted by Crippen LogP contribution is -2.11. The maximum atomic E-state index is 9.32. The smallest absolute Gasteiger partial charge is 0.154 e. The Kier molecular flexibility index (Phi) is 15.8. The fourth-order valence-electron chi connectivity index (χ4n) is 0.596. The molecule has 0 unspecified atom stereocenters. The van der Waals surface area contributed by atoms with Crippen LogP contribution in [0.1, 0.15) is 27.7 Å². The molecular formula is C10H20O3. The highest BCUT2D eigenvalue weighted by atomic mass is 16.7. The van der Waals surface area contributed by atoms with Gasteiger partial charge in [0, 0.05) is 13.2 Å². The first-order valence-electron chi connectivity index (χ1n) is 4.52. The van der Waals surface area contributed by atoms with Gasteiger partial charge in [-0.1, -0.05) is 6.08 Å². The minimum Gasteiger partial charge on any atom is -0.353 e. The summed E-state index contributed by atoms with van der Waals surface area (Å²) in [5, 5.41) is 0. The van der Waals surface area contributed by atoms with Crippen LogP contribution < -0.4 is 0 Å². The van der Waals surface area contributed by atoms with E-state index in [-0.39, 0.29) is 6.29 Å². The standard InChI is InChI=1S/C6H14O2.C4H6O/c1-4-7-6(3)8-5-2;1-2-3-4-5/h6H,4-5H2,1-3H3;2-4H,1H3/b;3-2+. The summed E-state index contributed by atoms with van der Waals surface area (Å²) in [6, 6.07) is 0. The van der Waals surface area contributed by atoms with E-state index >= 15 is 0 Å². The van der Waals surface area contributed by atoms with Crippen molar-refractivity contribution in [1.29, 1.82) is 0 Å². The quantitative estimate of drug-likeness (QED) is 0.377. The Balaban J connectivity index is 0. The van der Waals surface area contributed by atoms with E-state index in [4.69, 9.17) is 9.47 Å². The van der Waals surface area contributed by atoms with Crippen molar-refractivity contribution >= 4 is 6.29 Å². The topological polar surface area (TPSA) is 35.5 Å². The number of aldehydes is 1. The summed E-state index contributed by atoms with van der Waals surface area (Å²) in [5.41, 5.74) is 0. The van der Waals surface area contributed by atoms with Gasteiger partial charge in [0.2, 0.25) is 0 Å². The largest absolute Gasteiger partial charge is 0.353 e. The molecule has 3 nitrogen and oxygen atoms in total. The van der Waals surface area contributed by atoms with Gasteiger partial charge in [0.15, 0.2) is 6.29 Å². The van der Waals surface area contributed by atoms with Crippen molar-refractivity contribution in [2.24, 2.45) is 0 Å². The van der Waals surface area contributed by atoms with Crippen molar-refractivity contribution in [2.45, 2.75) is 34.0 Å². The minimum atomic E-state index is -0.0370. The number of hydrogen-bond acceptors (Lipinski definition) is 3. The van der Waals surface area contributed by atoms with E-state index in [0.717, 1.165) is 19.5 Å². The molecule has 0 amide bonds. The zero-order valence-electron chi connectivity index (χ0n) is 8.95. The lowest BCUT2D eigenvalue weighted by Gasteiger charge is -2.09. The van der Waals surface area contributed by atoms with Gasteiger partial charge < -0.3 is 9.47 Å². The molecule has 0 aromatic heterocycles. The van der Waals surface area contributed by atoms with E-state index < -0.39 is 0 Å². The second-order valence-corrected chi connectivity index (χ2v) is 2.14. The number of carbonyl (C=O) groups excluding carboxylic acids is 1. The number of ether oxygens (including phenoxy) is 2. The highest BCUT2D eigenvalue weighted by Gasteiger charge is 1.94. The Bertz CT molecular complexity index is 115. The predicted octanol–water partition coefficient (Wildman–Crippen LogP) is 2.17. The first-order chi connectivity index (χ1) is 6.22. The highest BCUT2D eigenvalue weighted by molar-refractivity contribution is 5.64. The molecule has 0 fully saturated rings. The molecule has 0 atom stereocenters. The number of hydrogen-bond donors (Lipinski definition) is 0. The Morgan fingerprint density at radius 3 is 1.85 bits per heavy atom. The fraction of sp³-hybridized carbons (Fsp3) is 0.700. The summed E-state index contributed by atoms with van der Waals surface area (Å²) in [4.78, 5) is 9.32. The molecule has 0 rings (SSSR count). The van der Waals surface area contributed by atoms with Gasteiger partial charge in [0.1, 0.15) is 6.29 Å². The minimum absolute atomic E-state index is 0.0370. The van der Waals surface area contributed by atoms with Crippen molar-refractivity contribution in [1.82, 2.24) is 0 Å². The molecule has 0 aliphatic heterocycles. The molecule has 3 heteroatoms. The number of carbonyl (C=O) groups is 1. The summed E-state index contributed by atoms with van der Waals surface area (Å²) in [7, 11) is 0. The summed E-state index contributed by atoms with van der Waals surface area (Å²) in [5.74, 6) is 0. The molecule has 0 aromatic rings. The van der Waals surface area contributed by atoms with Gasteiger partial charge in [0.05, 0.1) is 0 Å². The molecule has 78 valence electrons. The van der Waals surface area contributed by atoms with Crippen LogP contribution in [0.3, 0.4) is 0 Å². The highest BCUT2D eigenvalue weighted by Crippen LogP contribution is 1.90. The van der Waals surface area contributed by atoms with E-state index in [0.29, 0.717) is 0 Å². The van der Waals surface area contributed by atoms with Gasteiger partial charge in [-0.2, -0.15) is 0 Å². The van der Waals surface area contributed by atoms with Crippen molar-refractivity contribution in [3.8, 4) is 0 Å². The molecule has 0 bridgehead atoms. The molecule has 0 aromatic carbocycles. The first-order valence-corrected chi connectivity index (χ1v) is 4.52. The van der Waals surface area contributed by atoms with Crippen molar-refractivity contribution in [3.05, 3.63) is 12.2 Å². The van der Waals surface area contributed by atoms with Crippen LogP contribution in [0.5, 0.6) is 0 Å². The molecule has 0 saturated carbocycles. The Hall–Kier alpha value is -0.670. The second kappa shape index (κ2) is 13.9. The molecule has 0 radical (unpaired) electrons. The molecule has 0 aliphatic carbocycles. The van der Waals surface area contributed by atoms with E-state index in [9.17, 15) is 4.79 Å². The monoisotopic (exact) mass is 188 g/mol. The second-order valence-electron chi connectivity index (χ2n) is 2.14. The van der Waals surface area contributed by atoms with Crippen LogP contribution in [0.25, 0.3) is 0 Å². The van der Waals surface area contributed by atoms with Gasteiger partial charge in [-0.05, 0) is 33.8 Å². The van der Waals surface area contributed by atoms with Crippen LogP contribution in [-0.4, -0.2) is 25.8 Å². The van der Waals surface area contributed by atoms with Gasteiger partial charge in [0.25, 0.3) is 0 Å². The Morgan fingerprint density at radius 1 is 1.23 bits per heavy atom. The predicted molar refractivity (Wildman–Crippen MR) is 53.6 cm³/mol. The van der Waals surface area contributed by atoms with E-state index in [1.54, 1.807) is 13.0 Å². The van der Waals surface area contributed by atoms with Crippen LogP contribution >= 0.6 is 0 Å². The molecule has 0 N–H and O–H groups in total. The third-order valence-electron chi connectivity index (χ3n) is 1.07. The van der Waals surface area contributed by atoms with Crippen LogP contribution in [0.15, 0.2) is 12.2 Å². The molecule has 0 heterocycles. The van der Waals surface area contributed by atoms with Gasteiger partial charge in [-0.25, -0.2) is 0 Å². The van der Waals surface area contributed by atoms with E-state index in [2.05, 4.69) is 0 Å². The summed E-state index contributed by atoms with van der Waals surface area (Å²) in [6.45, 7) is 9.05. The third kappa shape index (κ3) is 18.4. The summed E-state index contributed by atoms with van der Waals surface area (Å²) in [6.07, 6.45) is 3.84. The van der Waals surface area contributed by atoms with E-state index in [1.165, 1.54) is 6.08 Å². The van der Waals surface area contributed by atoms with Crippen molar-refractivity contribution < 1.29 is 14.3 Å². The zero-order chi connectivity index (χ0) is 10.5. The molecule has 13 heavy (non-hydrogen) atoms. The van der Waals surface area contributed by atoms with Crippen LogP contribution in [0.2, 0.25) is 0 Å². The van der Waals surface area contributed by atoms with Gasteiger partial charge >= 0.3 is 0 Å². The average Bonchev–Trinajstić information content (AvgIpc) is 2.08. The molecule has 0 aliphatic rings. The molecule has 0 spiro atoms. The Morgan fingerprint density at radius 2 is 1.69 bits per heavy atom. The summed E-state index contributed by atoms with van der Waals surface area (Å²) < 4.78 is 10.1. The maximum absolute atomic E-state index is 9.32. The zero-order valence-corrected chi connectivity index (χ0v) is 8.95. The normalized spacial score (nSPS) is 9.92. The third-order valence-corrected chi connectivity index (χ3v) is 1.07. The fourth-order valence-corrected chi connectivity index (χ4v) is 0.596. The molecular weight excluding hydrogens is 168 g/mol. The maximum Gasteiger partial charge on any atom is 0.154 e. The van der Waals surface area contributed by atoms with Gasteiger partial charge in [-0.15, -0.1) is 0 Å². The SMILES string of the molecule is C/C=C/C=O.CCOC(C)OCC. The van der Waals surface area contributed by atoms with Gasteiger partial charge in [-0.3, -0.25) is 4.79 Å². The number of rotatable bonds is 5. The first kappa shape index (κ1) is 14.8. The van der Waals surface area contributed by atoms with E-state index in [1.807, 2.05) is 20.8 Å². The Labute approximate surface area is 80.7 Å². The summed E-state index contributed by atoms with van der Waals surface area (Å²) >= 11 is 0. The lowest BCUT2D eigenvalue weighted by molar-refractivity contribution is -0.123. The average molecular weight is 188 g/mol. The lowest BCUT2D eigenvalue weighted by atomic mass is 10.6. The van der Waals surface area contributed by atoms with Crippen molar-refractivity contribution in [2.75, 3.05) is 13.2 Å².